The lowest BCUT2D eigenvalue weighted by molar-refractivity contribution is 0.140. The molecule has 0 heterocycles. The second-order valence-electron chi connectivity index (χ2n) is 5.32. The number of likely N-dealkylation sites (N-methyl/N-ethyl adjacent to an activating group) is 1. The van der Waals surface area contributed by atoms with Crippen LogP contribution >= 0.6 is 0 Å². The van der Waals surface area contributed by atoms with Crippen molar-refractivity contribution in [3.8, 4) is 0 Å². The molecular weight excluding hydrogens is 212 g/mol. The van der Waals surface area contributed by atoms with E-state index >= 15 is 0 Å². The van der Waals surface area contributed by atoms with Gasteiger partial charge in [0.1, 0.15) is 0 Å². The zero-order valence-corrected chi connectivity index (χ0v) is 12.4. The highest BCUT2D eigenvalue weighted by Gasteiger charge is 2.19. The number of aliphatic hydroxyl groups excluding tert-OH is 1. The van der Waals surface area contributed by atoms with E-state index in [1.165, 1.54) is 12.8 Å². The van der Waals surface area contributed by atoms with E-state index in [-0.39, 0.29) is 6.61 Å². The fourth-order valence-corrected chi connectivity index (χ4v) is 2.41. The molecule has 0 aromatic heterocycles. The molecule has 3 heteroatoms. The second kappa shape index (κ2) is 9.86. The Morgan fingerprint density at radius 3 is 2.06 bits per heavy atom. The molecule has 0 aliphatic rings. The minimum absolute atomic E-state index is 0.268. The Balaban J connectivity index is 4.43. The monoisotopic (exact) mass is 244 g/mol. The van der Waals surface area contributed by atoms with Crippen LogP contribution in [0.3, 0.4) is 0 Å². The molecule has 0 radical (unpaired) electrons. The van der Waals surface area contributed by atoms with E-state index in [0.29, 0.717) is 18.0 Å². The number of aliphatic hydroxyl groups is 1. The zero-order valence-electron chi connectivity index (χ0n) is 12.4. The fourth-order valence-electron chi connectivity index (χ4n) is 2.41. The van der Waals surface area contributed by atoms with Crippen LogP contribution in [0.4, 0.5) is 0 Å². The molecule has 0 aliphatic heterocycles. The summed E-state index contributed by atoms with van der Waals surface area (Å²) in [5.41, 5.74) is 0. The molecule has 0 amide bonds. The van der Waals surface area contributed by atoms with E-state index in [2.05, 4.69) is 37.9 Å². The minimum Gasteiger partial charge on any atom is -0.396 e. The summed E-state index contributed by atoms with van der Waals surface area (Å²) in [5.74, 6) is 0.697. The van der Waals surface area contributed by atoms with Crippen molar-refractivity contribution in [3.05, 3.63) is 0 Å². The maximum atomic E-state index is 9.06. The third-order valence-electron chi connectivity index (χ3n) is 3.40. The number of hydrogen-bond donors (Lipinski definition) is 2. The molecule has 0 rings (SSSR count). The Morgan fingerprint density at radius 1 is 1.12 bits per heavy atom. The second-order valence-corrected chi connectivity index (χ2v) is 5.32. The molecule has 104 valence electrons. The van der Waals surface area contributed by atoms with Gasteiger partial charge in [-0.1, -0.05) is 27.7 Å². The van der Waals surface area contributed by atoms with Crippen LogP contribution in [-0.4, -0.2) is 48.8 Å². The Hall–Kier alpha value is -0.120. The Kier molecular flexibility index (Phi) is 9.79. The predicted molar refractivity (Wildman–Crippen MR) is 75.3 cm³/mol. The van der Waals surface area contributed by atoms with E-state index in [9.17, 15) is 0 Å². The Bertz CT molecular complexity index is 170. The summed E-state index contributed by atoms with van der Waals surface area (Å²) in [4.78, 5) is 2.58. The average molecular weight is 244 g/mol. The van der Waals surface area contributed by atoms with E-state index in [4.69, 9.17) is 5.11 Å². The van der Waals surface area contributed by atoms with Gasteiger partial charge in [-0.2, -0.15) is 0 Å². The first-order chi connectivity index (χ1) is 8.08. The van der Waals surface area contributed by atoms with Crippen LogP contribution in [0.1, 0.15) is 47.0 Å². The van der Waals surface area contributed by atoms with Gasteiger partial charge in [0, 0.05) is 31.8 Å². The highest BCUT2D eigenvalue weighted by molar-refractivity contribution is 4.76. The first-order valence-corrected chi connectivity index (χ1v) is 7.11. The van der Waals surface area contributed by atoms with Crippen LogP contribution < -0.4 is 5.32 Å². The van der Waals surface area contributed by atoms with Gasteiger partial charge in [0.05, 0.1) is 0 Å². The van der Waals surface area contributed by atoms with Gasteiger partial charge in [-0.15, -0.1) is 0 Å². The summed E-state index contributed by atoms with van der Waals surface area (Å²) < 4.78 is 0. The van der Waals surface area contributed by atoms with Crippen LogP contribution in [0.2, 0.25) is 0 Å². The molecule has 0 aliphatic carbocycles. The van der Waals surface area contributed by atoms with Gasteiger partial charge in [0.2, 0.25) is 0 Å². The van der Waals surface area contributed by atoms with Crippen molar-refractivity contribution in [1.82, 2.24) is 10.2 Å². The lowest BCUT2D eigenvalue weighted by atomic mass is 10.1. The highest BCUT2D eigenvalue weighted by atomic mass is 16.3. The van der Waals surface area contributed by atoms with Gasteiger partial charge in [0.15, 0.2) is 0 Å². The van der Waals surface area contributed by atoms with Crippen molar-refractivity contribution in [1.29, 1.82) is 0 Å². The summed E-state index contributed by atoms with van der Waals surface area (Å²) in [6, 6.07) is 1.08. The van der Waals surface area contributed by atoms with E-state index < -0.39 is 0 Å². The largest absolute Gasteiger partial charge is 0.396 e. The van der Waals surface area contributed by atoms with Crippen molar-refractivity contribution in [2.45, 2.75) is 59.0 Å². The van der Waals surface area contributed by atoms with Gasteiger partial charge >= 0.3 is 0 Å². The first-order valence-electron chi connectivity index (χ1n) is 7.11. The van der Waals surface area contributed by atoms with Crippen LogP contribution in [0.25, 0.3) is 0 Å². The molecule has 3 nitrogen and oxygen atoms in total. The molecule has 1 atom stereocenters. The third kappa shape index (κ3) is 7.02. The van der Waals surface area contributed by atoms with Crippen LogP contribution in [0.5, 0.6) is 0 Å². The number of hydrogen-bond acceptors (Lipinski definition) is 3. The normalized spacial score (nSPS) is 13.9. The van der Waals surface area contributed by atoms with Crippen LogP contribution in [-0.2, 0) is 0 Å². The van der Waals surface area contributed by atoms with Gasteiger partial charge < -0.3 is 10.4 Å². The number of nitrogens with zero attached hydrogens (tertiary/aromatic N) is 1. The maximum Gasteiger partial charge on any atom is 0.0446 e. The zero-order chi connectivity index (χ0) is 13.3. The minimum atomic E-state index is 0.268. The summed E-state index contributed by atoms with van der Waals surface area (Å²) in [6.07, 6.45) is 3.25. The van der Waals surface area contributed by atoms with Gasteiger partial charge in [-0.05, 0) is 32.2 Å². The summed E-state index contributed by atoms with van der Waals surface area (Å²) in [5, 5.41) is 12.4. The van der Waals surface area contributed by atoms with Gasteiger partial charge in [0.25, 0.3) is 0 Å². The first kappa shape index (κ1) is 16.9. The third-order valence-corrected chi connectivity index (χ3v) is 3.40. The molecule has 0 saturated carbocycles. The van der Waals surface area contributed by atoms with Crippen molar-refractivity contribution in [2.75, 3.05) is 26.7 Å². The van der Waals surface area contributed by atoms with E-state index in [1.807, 2.05) is 7.05 Å². The van der Waals surface area contributed by atoms with E-state index in [1.54, 1.807) is 0 Å². The van der Waals surface area contributed by atoms with Crippen LogP contribution in [0.15, 0.2) is 0 Å². The van der Waals surface area contributed by atoms with Crippen molar-refractivity contribution in [3.63, 3.8) is 0 Å². The summed E-state index contributed by atoms with van der Waals surface area (Å²) in [6.45, 7) is 11.5. The number of nitrogens with one attached hydrogen (secondary N) is 1. The lowest BCUT2D eigenvalue weighted by Gasteiger charge is -2.34. The summed E-state index contributed by atoms with van der Waals surface area (Å²) in [7, 11) is 1.99. The Morgan fingerprint density at radius 2 is 1.71 bits per heavy atom. The van der Waals surface area contributed by atoms with Crippen LogP contribution in [0, 0.1) is 5.92 Å². The molecule has 0 aromatic rings. The topological polar surface area (TPSA) is 35.5 Å². The van der Waals surface area contributed by atoms with Crippen molar-refractivity contribution in [2.24, 2.45) is 5.92 Å². The fraction of sp³-hybridized carbons (Fsp3) is 1.00. The van der Waals surface area contributed by atoms with Gasteiger partial charge in [-0.25, -0.2) is 0 Å². The average Bonchev–Trinajstić information content (AvgIpc) is 2.29. The number of rotatable bonds is 10. The summed E-state index contributed by atoms with van der Waals surface area (Å²) >= 11 is 0. The molecule has 0 aromatic carbocycles. The van der Waals surface area contributed by atoms with Gasteiger partial charge in [-0.3, -0.25) is 4.90 Å². The smallest absolute Gasteiger partial charge is 0.0446 e. The lowest BCUT2D eigenvalue weighted by Crippen LogP contribution is -2.46. The molecule has 0 spiro atoms. The molecule has 0 fully saturated rings. The molecule has 2 N–H and O–H groups in total. The molecular formula is C14H32N2O. The van der Waals surface area contributed by atoms with Crippen molar-refractivity contribution >= 4 is 0 Å². The maximum absolute atomic E-state index is 9.06. The quantitative estimate of drug-likeness (QED) is 0.618. The highest BCUT2D eigenvalue weighted by Crippen LogP contribution is 2.12. The molecule has 0 bridgehead atoms. The Labute approximate surface area is 108 Å². The SMILES string of the molecule is CCC(CC)N(CC(C)C)CC(CCO)NC. The molecule has 17 heavy (non-hydrogen) atoms. The van der Waals surface area contributed by atoms with Crippen molar-refractivity contribution < 1.29 is 5.11 Å². The molecule has 1 unspecified atom stereocenters. The predicted octanol–water partition coefficient (Wildman–Crippen LogP) is 2.10. The molecule has 0 saturated heterocycles. The standard InChI is InChI=1S/C14H32N2O/c1-6-14(7-2)16(10-12(3)4)11-13(15-5)8-9-17/h12-15,17H,6-11H2,1-5H3. The van der Waals surface area contributed by atoms with E-state index in [0.717, 1.165) is 19.5 Å².